The Hall–Kier alpha value is -1.79. The van der Waals surface area contributed by atoms with E-state index in [2.05, 4.69) is 4.90 Å². The van der Waals surface area contributed by atoms with Crippen LogP contribution >= 0.6 is 0 Å². The molecule has 0 saturated carbocycles. The lowest BCUT2D eigenvalue weighted by atomic mass is 10.3. The maximum atomic E-state index is 11.7. The van der Waals surface area contributed by atoms with Crippen LogP contribution in [0.4, 0.5) is 0 Å². The van der Waals surface area contributed by atoms with Crippen LogP contribution in [0.3, 0.4) is 0 Å². The smallest absolute Gasteiger partial charge is 0.290 e. The number of benzene rings is 1. The molecule has 1 aliphatic heterocycles. The maximum Gasteiger partial charge on any atom is 0.290 e. The van der Waals surface area contributed by atoms with E-state index < -0.39 is 9.84 Å². The van der Waals surface area contributed by atoms with E-state index in [4.69, 9.17) is 9.15 Å². The van der Waals surface area contributed by atoms with Crippen molar-refractivity contribution in [3.05, 3.63) is 48.2 Å². The van der Waals surface area contributed by atoms with Gasteiger partial charge in [-0.1, -0.05) is 18.2 Å². The van der Waals surface area contributed by atoms with Gasteiger partial charge in [0.05, 0.1) is 17.5 Å². The van der Waals surface area contributed by atoms with Crippen molar-refractivity contribution < 1.29 is 17.6 Å². The van der Waals surface area contributed by atoms with Crippen LogP contribution in [-0.4, -0.2) is 37.4 Å². The zero-order chi connectivity index (χ0) is 15.6. The molecule has 0 spiro atoms. The molecule has 1 saturated heterocycles. The fraction of sp³-hybridized carbons (Fsp3) is 0.375. The maximum absolute atomic E-state index is 11.7. The first-order chi connectivity index (χ1) is 10.5. The summed E-state index contributed by atoms with van der Waals surface area (Å²) in [4.78, 5) is 2.09. The van der Waals surface area contributed by atoms with Gasteiger partial charge in [0.2, 0.25) is 0 Å². The summed E-state index contributed by atoms with van der Waals surface area (Å²) < 4.78 is 34.7. The quantitative estimate of drug-likeness (QED) is 0.866. The Morgan fingerprint density at radius 1 is 1.23 bits per heavy atom. The standard InChI is InChI=1S/C16H19NO4S/c1-13-11-17(9-10-22(13,18)19)12-15-7-8-16(21-15)20-14-5-3-2-4-6-14/h2-8,13H,9-12H2,1H3/t13-/m0/s1. The van der Waals surface area contributed by atoms with Crippen molar-refractivity contribution in [1.82, 2.24) is 4.90 Å². The van der Waals surface area contributed by atoms with Crippen molar-refractivity contribution in [2.45, 2.75) is 18.7 Å². The second-order valence-electron chi connectivity index (χ2n) is 5.55. The molecule has 0 radical (unpaired) electrons. The van der Waals surface area contributed by atoms with Gasteiger partial charge in [0.15, 0.2) is 9.84 Å². The Labute approximate surface area is 130 Å². The number of hydrogen-bond donors (Lipinski definition) is 0. The second kappa shape index (κ2) is 6.14. The molecular weight excluding hydrogens is 302 g/mol. The van der Waals surface area contributed by atoms with Crippen molar-refractivity contribution in [3.63, 3.8) is 0 Å². The van der Waals surface area contributed by atoms with Crippen molar-refractivity contribution >= 4 is 9.84 Å². The van der Waals surface area contributed by atoms with Crippen molar-refractivity contribution in [3.8, 4) is 11.7 Å². The SMILES string of the molecule is C[C@H]1CN(Cc2ccc(Oc3ccccc3)o2)CCS1(=O)=O. The minimum Gasteiger partial charge on any atom is -0.429 e. The summed E-state index contributed by atoms with van der Waals surface area (Å²) >= 11 is 0. The Bertz CT molecular complexity index is 724. The van der Waals surface area contributed by atoms with Gasteiger partial charge in [-0.15, -0.1) is 0 Å². The number of nitrogens with zero attached hydrogens (tertiary/aromatic N) is 1. The van der Waals surface area contributed by atoms with Crippen molar-refractivity contribution in [2.75, 3.05) is 18.8 Å². The van der Waals surface area contributed by atoms with Crippen LogP contribution in [0.15, 0.2) is 46.9 Å². The van der Waals surface area contributed by atoms with Crippen molar-refractivity contribution in [1.29, 1.82) is 0 Å². The highest BCUT2D eigenvalue weighted by molar-refractivity contribution is 7.92. The molecule has 0 amide bonds. The summed E-state index contributed by atoms with van der Waals surface area (Å²) in [5.74, 6) is 2.15. The third-order valence-electron chi connectivity index (χ3n) is 3.80. The Kier molecular flexibility index (Phi) is 4.22. The van der Waals surface area contributed by atoms with Crippen LogP contribution in [-0.2, 0) is 16.4 Å². The van der Waals surface area contributed by atoms with E-state index in [0.29, 0.717) is 25.6 Å². The van der Waals surface area contributed by atoms with Crippen LogP contribution in [0.5, 0.6) is 11.7 Å². The van der Waals surface area contributed by atoms with E-state index in [-0.39, 0.29) is 11.0 Å². The lowest BCUT2D eigenvalue weighted by Gasteiger charge is -2.29. The monoisotopic (exact) mass is 321 g/mol. The third-order valence-corrected chi connectivity index (χ3v) is 5.93. The summed E-state index contributed by atoms with van der Waals surface area (Å²) in [5, 5.41) is -0.323. The summed E-state index contributed by atoms with van der Waals surface area (Å²) in [5.41, 5.74) is 0. The molecule has 0 bridgehead atoms. The van der Waals surface area contributed by atoms with E-state index in [9.17, 15) is 8.42 Å². The van der Waals surface area contributed by atoms with Crippen LogP contribution in [0, 0.1) is 0 Å². The average molecular weight is 321 g/mol. The first-order valence-corrected chi connectivity index (χ1v) is 9.00. The molecule has 1 fully saturated rings. The minimum atomic E-state index is -2.92. The van der Waals surface area contributed by atoms with Gasteiger partial charge in [0, 0.05) is 19.2 Å². The fourth-order valence-corrected chi connectivity index (χ4v) is 3.85. The highest BCUT2D eigenvalue weighted by Crippen LogP contribution is 2.24. The molecule has 2 aromatic rings. The lowest BCUT2D eigenvalue weighted by molar-refractivity contribution is 0.236. The number of furan rings is 1. The topological polar surface area (TPSA) is 59.8 Å². The number of para-hydroxylation sites is 1. The first kappa shape index (κ1) is 15.1. The van der Waals surface area contributed by atoms with Gasteiger partial charge in [-0.05, 0) is 25.1 Å². The van der Waals surface area contributed by atoms with Crippen LogP contribution in [0.1, 0.15) is 12.7 Å². The summed E-state index contributed by atoms with van der Waals surface area (Å²) in [6.45, 7) is 3.44. The van der Waals surface area contributed by atoms with Gasteiger partial charge < -0.3 is 9.15 Å². The normalized spacial score (nSPS) is 21.6. The molecule has 1 atom stereocenters. The summed E-state index contributed by atoms with van der Waals surface area (Å²) in [6, 6.07) is 13.1. The summed E-state index contributed by atoms with van der Waals surface area (Å²) in [7, 11) is -2.92. The molecule has 0 unspecified atom stereocenters. The van der Waals surface area contributed by atoms with Gasteiger partial charge in [-0.25, -0.2) is 8.42 Å². The Balaban J connectivity index is 1.60. The van der Waals surface area contributed by atoms with E-state index in [1.165, 1.54) is 0 Å². The molecule has 3 rings (SSSR count). The van der Waals surface area contributed by atoms with Gasteiger partial charge in [-0.3, -0.25) is 4.90 Å². The van der Waals surface area contributed by atoms with Crippen LogP contribution in [0.25, 0.3) is 0 Å². The largest absolute Gasteiger partial charge is 0.429 e. The van der Waals surface area contributed by atoms with Gasteiger partial charge in [0.25, 0.3) is 5.95 Å². The summed E-state index contributed by atoms with van der Waals surface area (Å²) in [6.07, 6.45) is 0. The zero-order valence-corrected chi connectivity index (χ0v) is 13.3. The van der Waals surface area contributed by atoms with E-state index in [1.807, 2.05) is 36.4 Å². The highest BCUT2D eigenvalue weighted by Gasteiger charge is 2.29. The third kappa shape index (κ3) is 3.51. The van der Waals surface area contributed by atoms with Crippen LogP contribution < -0.4 is 4.74 Å². The molecule has 22 heavy (non-hydrogen) atoms. The van der Waals surface area contributed by atoms with Gasteiger partial charge in [0.1, 0.15) is 11.5 Å². The second-order valence-corrected chi connectivity index (χ2v) is 8.09. The Morgan fingerprint density at radius 2 is 2.00 bits per heavy atom. The number of ether oxygens (including phenoxy) is 1. The van der Waals surface area contributed by atoms with Crippen LogP contribution in [0.2, 0.25) is 0 Å². The Morgan fingerprint density at radius 3 is 2.73 bits per heavy atom. The predicted molar refractivity (Wildman–Crippen MR) is 83.7 cm³/mol. The van der Waals surface area contributed by atoms with Gasteiger partial charge >= 0.3 is 0 Å². The number of rotatable bonds is 4. The molecule has 6 heteroatoms. The molecule has 118 valence electrons. The number of hydrogen-bond acceptors (Lipinski definition) is 5. The highest BCUT2D eigenvalue weighted by atomic mass is 32.2. The van der Waals surface area contributed by atoms with Crippen molar-refractivity contribution in [2.24, 2.45) is 0 Å². The minimum absolute atomic E-state index is 0.211. The van der Waals surface area contributed by atoms with E-state index in [1.54, 1.807) is 13.0 Å². The first-order valence-electron chi connectivity index (χ1n) is 7.28. The molecule has 5 nitrogen and oxygen atoms in total. The number of sulfone groups is 1. The van der Waals surface area contributed by atoms with E-state index >= 15 is 0 Å². The molecule has 1 aromatic heterocycles. The molecule has 1 aromatic carbocycles. The lowest BCUT2D eigenvalue weighted by Crippen LogP contribution is -2.44. The molecule has 0 N–H and O–H groups in total. The fourth-order valence-electron chi connectivity index (χ4n) is 2.49. The zero-order valence-electron chi connectivity index (χ0n) is 12.4. The molecule has 1 aliphatic rings. The molecule has 0 aliphatic carbocycles. The molecular formula is C16H19NO4S. The predicted octanol–water partition coefficient (Wildman–Crippen LogP) is 2.69. The average Bonchev–Trinajstić information content (AvgIpc) is 2.92. The van der Waals surface area contributed by atoms with E-state index in [0.717, 1.165) is 11.5 Å². The van der Waals surface area contributed by atoms with Gasteiger partial charge in [-0.2, -0.15) is 0 Å². The molecule has 2 heterocycles.